The summed E-state index contributed by atoms with van der Waals surface area (Å²) in [6, 6.07) is 11.6. The average Bonchev–Trinajstić information content (AvgIpc) is 2.74. The van der Waals surface area contributed by atoms with E-state index in [1.54, 1.807) is 0 Å². The number of ether oxygens (including phenoxy) is 1. The van der Waals surface area contributed by atoms with Crippen LogP contribution >= 0.6 is 31.9 Å². The van der Waals surface area contributed by atoms with E-state index in [1.165, 1.54) is 0 Å². The number of nitrogens with one attached hydrogen (secondary N) is 1. The molecule has 0 saturated carbocycles. The minimum atomic E-state index is -0.218. The molecular formula is C23H27Br2N3O3. The highest BCUT2D eigenvalue weighted by Crippen LogP contribution is 2.32. The van der Waals surface area contributed by atoms with Crippen molar-refractivity contribution in [3.8, 4) is 5.75 Å². The highest BCUT2D eigenvalue weighted by Gasteiger charge is 2.20. The van der Waals surface area contributed by atoms with Crippen molar-refractivity contribution >= 4 is 55.0 Å². The first-order chi connectivity index (χ1) is 14.9. The Morgan fingerprint density at radius 2 is 1.74 bits per heavy atom. The van der Waals surface area contributed by atoms with Crippen molar-refractivity contribution in [3.05, 3.63) is 50.9 Å². The molecule has 0 unspecified atom stereocenters. The third-order valence-corrected chi connectivity index (χ3v) is 6.20. The Labute approximate surface area is 200 Å². The van der Waals surface area contributed by atoms with Crippen molar-refractivity contribution in [2.24, 2.45) is 0 Å². The normalized spacial score (nSPS) is 13.8. The molecule has 0 atom stereocenters. The molecule has 6 nitrogen and oxygen atoms in total. The van der Waals surface area contributed by atoms with Crippen molar-refractivity contribution in [3.63, 3.8) is 0 Å². The lowest BCUT2D eigenvalue weighted by molar-refractivity contribution is -0.131. The van der Waals surface area contributed by atoms with Crippen molar-refractivity contribution in [1.29, 1.82) is 0 Å². The average molecular weight is 553 g/mol. The maximum absolute atomic E-state index is 12.3. The predicted molar refractivity (Wildman–Crippen MR) is 131 cm³/mol. The van der Waals surface area contributed by atoms with Gasteiger partial charge in [-0.25, -0.2) is 0 Å². The molecule has 1 aliphatic heterocycles. The lowest BCUT2D eigenvalue weighted by Gasteiger charge is -2.36. The van der Waals surface area contributed by atoms with Gasteiger partial charge in [0.15, 0.2) is 6.61 Å². The van der Waals surface area contributed by atoms with Gasteiger partial charge < -0.3 is 19.9 Å². The van der Waals surface area contributed by atoms with Gasteiger partial charge in [-0.2, -0.15) is 0 Å². The summed E-state index contributed by atoms with van der Waals surface area (Å²) in [5.41, 5.74) is 2.75. The molecule has 0 aliphatic carbocycles. The quantitative estimate of drug-likeness (QED) is 0.526. The molecule has 2 amide bonds. The summed E-state index contributed by atoms with van der Waals surface area (Å²) >= 11 is 6.90. The molecule has 2 aromatic rings. The molecule has 1 saturated heterocycles. The molecule has 31 heavy (non-hydrogen) atoms. The number of aryl methyl sites for hydroxylation is 1. The van der Waals surface area contributed by atoms with Crippen molar-refractivity contribution in [1.82, 2.24) is 4.90 Å². The summed E-state index contributed by atoms with van der Waals surface area (Å²) < 4.78 is 7.45. The van der Waals surface area contributed by atoms with E-state index in [4.69, 9.17) is 4.74 Å². The van der Waals surface area contributed by atoms with Crippen LogP contribution in [0.15, 0.2) is 45.3 Å². The molecule has 0 bridgehead atoms. The van der Waals surface area contributed by atoms with Crippen molar-refractivity contribution in [2.45, 2.75) is 26.7 Å². The number of hydrogen-bond donors (Lipinski definition) is 1. The van der Waals surface area contributed by atoms with Crippen LogP contribution < -0.4 is 15.0 Å². The van der Waals surface area contributed by atoms with E-state index in [0.717, 1.165) is 58.5 Å². The molecule has 0 spiro atoms. The number of nitrogens with zero attached hydrogens (tertiary/aromatic N) is 2. The highest BCUT2D eigenvalue weighted by molar-refractivity contribution is 9.11. The van der Waals surface area contributed by atoms with Gasteiger partial charge in [-0.15, -0.1) is 0 Å². The second-order valence-electron chi connectivity index (χ2n) is 7.54. The fourth-order valence-corrected chi connectivity index (χ4v) is 5.10. The number of hydrogen-bond acceptors (Lipinski definition) is 4. The Morgan fingerprint density at radius 1 is 1.06 bits per heavy atom. The van der Waals surface area contributed by atoms with E-state index in [0.29, 0.717) is 12.2 Å². The SMILES string of the molecule is CCCC(=O)N1CCN(c2ccc(NC(=O)COc3c(C)cc(Br)cc3Br)cc2)CC1. The first-order valence-corrected chi connectivity index (χ1v) is 12.0. The first kappa shape index (κ1) is 23.6. The Hall–Kier alpha value is -2.06. The van der Waals surface area contributed by atoms with Crippen LogP contribution in [-0.2, 0) is 9.59 Å². The van der Waals surface area contributed by atoms with Crippen LogP contribution in [0.2, 0.25) is 0 Å². The van der Waals surface area contributed by atoms with E-state index in [2.05, 4.69) is 42.1 Å². The van der Waals surface area contributed by atoms with Gasteiger partial charge in [0.05, 0.1) is 4.47 Å². The first-order valence-electron chi connectivity index (χ1n) is 10.4. The summed E-state index contributed by atoms with van der Waals surface area (Å²) in [7, 11) is 0. The van der Waals surface area contributed by atoms with E-state index in [1.807, 2.05) is 55.1 Å². The number of carbonyl (C=O) groups is 2. The molecule has 1 N–H and O–H groups in total. The number of anilines is 2. The minimum absolute atomic E-state index is 0.0728. The van der Waals surface area contributed by atoms with Gasteiger partial charge >= 0.3 is 0 Å². The van der Waals surface area contributed by atoms with Crippen LogP contribution in [0.5, 0.6) is 5.75 Å². The van der Waals surface area contributed by atoms with Gasteiger partial charge in [-0.05, 0) is 71.2 Å². The standard InChI is InChI=1S/C23H27Br2N3O3/c1-3-4-22(30)28-11-9-27(10-12-28)19-7-5-18(6-8-19)26-21(29)15-31-23-16(2)13-17(24)14-20(23)25/h5-8,13-14H,3-4,9-12,15H2,1-2H3,(H,26,29). The molecule has 1 aliphatic rings. The maximum atomic E-state index is 12.3. The summed E-state index contributed by atoms with van der Waals surface area (Å²) in [5, 5.41) is 2.87. The van der Waals surface area contributed by atoms with E-state index in [9.17, 15) is 9.59 Å². The zero-order valence-corrected chi connectivity index (χ0v) is 21.0. The highest BCUT2D eigenvalue weighted by atomic mass is 79.9. The van der Waals surface area contributed by atoms with E-state index >= 15 is 0 Å². The largest absolute Gasteiger partial charge is 0.482 e. The number of piperazine rings is 1. The van der Waals surface area contributed by atoms with Gasteiger partial charge in [0.2, 0.25) is 5.91 Å². The van der Waals surface area contributed by atoms with Crippen molar-refractivity contribution in [2.75, 3.05) is 43.0 Å². The van der Waals surface area contributed by atoms with E-state index < -0.39 is 0 Å². The lowest BCUT2D eigenvalue weighted by atomic mass is 10.2. The molecule has 1 heterocycles. The predicted octanol–water partition coefficient (Wildman–Crippen LogP) is 4.99. The topological polar surface area (TPSA) is 61.9 Å². The molecule has 8 heteroatoms. The van der Waals surface area contributed by atoms with Gasteiger partial charge in [0.25, 0.3) is 5.91 Å². The number of carbonyl (C=O) groups excluding carboxylic acids is 2. The minimum Gasteiger partial charge on any atom is -0.482 e. The van der Waals surface area contributed by atoms with Crippen LogP contribution in [0.4, 0.5) is 11.4 Å². The summed E-state index contributed by atoms with van der Waals surface area (Å²) in [6.45, 7) is 7.02. The Kier molecular flexibility index (Phi) is 8.37. The zero-order valence-electron chi connectivity index (χ0n) is 17.8. The smallest absolute Gasteiger partial charge is 0.262 e. The second kappa shape index (κ2) is 11.0. The molecule has 2 aromatic carbocycles. The summed E-state index contributed by atoms with van der Waals surface area (Å²) in [6.07, 6.45) is 1.51. The molecule has 1 fully saturated rings. The number of halogens is 2. The molecule has 166 valence electrons. The van der Waals surface area contributed by atoms with Crippen LogP contribution in [0.3, 0.4) is 0 Å². The van der Waals surface area contributed by atoms with Crippen LogP contribution in [0.1, 0.15) is 25.3 Å². The van der Waals surface area contributed by atoms with Gasteiger partial charge in [-0.3, -0.25) is 9.59 Å². The maximum Gasteiger partial charge on any atom is 0.262 e. The van der Waals surface area contributed by atoms with Gasteiger partial charge in [0.1, 0.15) is 5.75 Å². The molecule has 3 rings (SSSR count). The van der Waals surface area contributed by atoms with Gasteiger partial charge in [-0.1, -0.05) is 22.9 Å². The Bertz CT molecular complexity index is 903. The number of rotatable bonds is 7. The molecular weight excluding hydrogens is 526 g/mol. The fourth-order valence-electron chi connectivity index (χ4n) is 3.55. The van der Waals surface area contributed by atoms with Crippen LogP contribution in [-0.4, -0.2) is 49.5 Å². The van der Waals surface area contributed by atoms with Crippen LogP contribution in [0.25, 0.3) is 0 Å². The third-order valence-electron chi connectivity index (χ3n) is 5.15. The summed E-state index contributed by atoms with van der Waals surface area (Å²) in [5.74, 6) is 0.683. The molecule has 0 aromatic heterocycles. The third kappa shape index (κ3) is 6.46. The number of amides is 2. The second-order valence-corrected chi connectivity index (χ2v) is 9.31. The number of benzene rings is 2. The zero-order chi connectivity index (χ0) is 22.4. The van der Waals surface area contributed by atoms with Crippen molar-refractivity contribution < 1.29 is 14.3 Å². The Balaban J connectivity index is 1.49. The molecule has 0 radical (unpaired) electrons. The van der Waals surface area contributed by atoms with E-state index in [-0.39, 0.29) is 18.4 Å². The monoisotopic (exact) mass is 551 g/mol. The summed E-state index contributed by atoms with van der Waals surface area (Å²) in [4.78, 5) is 28.6. The van der Waals surface area contributed by atoms with Gasteiger partial charge in [0, 0.05) is 48.4 Å². The fraction of sp³-hybridized carbons (Fsp3) is 0.391. The lowest BCUT2D eigenvalue weighted by Crippen LogP contribution is -2.48. The Morgan fingerprint density at radius 3 is 2.35 bits per heavy atom. The van der Waals surface area contributed by atoms with Crippen LogP contribution in [0, 0.1) is 6.92 Å².